The third kappa shape index (κ3) is 3.57. The molecule has 0 spiro atoms. The van der Waals surface area contributed by atoms with Crippen molar-refractivity contribution in [1.82, 2.24) is 0 Å². The highest BCUT2D eigenvalue weighted by Gasteiger charge is 2.04. The van der Waals surface area contributed by atoms with Crippen LogP contribution in [-0.4, -0.2) is 24.7 Å². The summed E-state index contributed by atoms with van der Waals surface area (Å²) in [5.41, 5.74) is 2.36. The zero-order valence-electron chi connectivity index (χ0n) is 10.1. The van der Waals surface area contributed by atoms with E-state index in [4.69, 9.17) is 5.11 Å². The average molecular weight is 221 g/mol. The molecular formula is C13H19NO2. The van der Waals surface area contributed by atoms with Crippen LogP contribution in [0.15, 0.2) is 24.3 Å². The minimum Gasteiger partial charge on any atom is -0.481 e. The van der Waals surface area contributed by atoms with Gasteiger partial charge in [-0.25, -0.2) is 0 Å². The first-order valence-corrected chi connectivity index (χ1v) is 5.53. The Labute approximate surface area is 96.7 Å². The van der Waals surface area contributed by atoms with Gasteiger partial charge in [0, 0.05) is 19.3 Å². The number of benzene rings is 1. The molecule has 0 fully saturated rings. The highest BCUT2D eigenvalue weighted by atomic mass is 16.4. The van der Waals surface area contributed by atoms with Crippen LogP contribution in [0.3, 0.4) is 0 Å². The summed E-state index contributed by atoms with van der Waals surface area (Å²) in [5.74, 6) is -0.232. The molecule has 16 heavy (non-hydrogen) atoms. The van der Waals surface area contributed by atoms with E-state index in [1.807, 2.05) is 24.1 Å². The van der Waals surface area contributed by atoms with Crippen molar-refractivity contribution in [3.63, 3.8) is 0 Å². The number of anilines is 1. The molecule has 0 unspecified atom stereocenters. The Balaban J connectivity index is 2.62. The lowest BCUT2D eigenvalue weighted by Crippen LogP contribution is -2.20. The molecule has 1 rings (SSSR count). The van der Waals surface area contributed by atoms with Crippen LogP contribution in [0.2, 0.25) is 0 Å². The molecule has 3 heteroatoms. The van der Waals surface area contributed by atoms with Crippen LogP contribution in [0.1, 0.15) is 31.7 Å². The first-order chi connectivity index (χ1) is 7.50. The molecule has 1 aromatic carbocycles. The van der Waals surface area contributed by atoms with E-state index in [1.54, 1.807) is 0 Å². The molecule has 1 N–H and O–H groups in total. The van der Waals surface area contributed by atoms with E-state index in [1.165, 1.54) is 5.56 Å². The van der Waals surface area contributed by atoms with Gasteiger partial charge in [0.1, 0.15) is 0 Å². The van der Waals surface area contributed by atoms with Gasteiger partial charge in [-0.2, -0.15) is 0 Å². The zero-order chi connectivity index (χ0) is 12.1. The van der Waals surface area contributed by atoms with Crippen LogP contribution in [0, 0.1) is 0 Å². The Hall–Kier alpha value is -1.51. The van der Waals surface area contributed by atoms with E-state index in [-0.39, 0.29) is 6.42 Å². The number of nitrogens with zero attached hydrogens (tertiary/aromatic N) is 1. The quantitative estimate of drug-likeness (QED) is 0.831. The number of hydrogen-bond donors (Lipinski definition) is 1. The number of aliphatic carboxylic acids is 1. The largest absolute Gasteiger partial charge is 0.481 e. The fraction of sp³-hybridized carbons (Fsp3) is 0.462. The van der Waals surface area contributed by atoms with Crippen molar-refractivity contribution in [3.05, 3.63) is 29.8 Å². The minimum atomic E-state index is -0.759. The number of carboxylic acid groups (broad SMARTS) is 1. The molecule has 0 bridgehead atoms. The number of hydrogen-bond acceptors (Lipinski definition) is 2. The van der Waals surface area contributed by atoms with Gasteiger partial charge in [0.15, 0.2) is 0 Å². The van der Waals surface area contributed by atoms with E-state index >= 15 is 0 Å². The molecule has 0 amide bonds. The monoisotopic (exact) mass is 221 g/mol. The van der Waals surface area contributed by atoms with Crippen LogP contribution in [0.25, 0.3) is 0 Å². The molecule has 0 heterocycles. The van der Waals surface area contributed by atoms with E-state index in [0.717, 1.165) is 5.69 Å². The van der Waals surface area contributed by atoms with Gasteiger partial charge in [-0.05, 0) is 23.6 Å². The van der Waals surface area contributed by atoms with Gasteiger partial charge < -0.3 is 10.0 Å². The Morgan fingerprint density at radius 1 is 1.31 bits per heavy atom. The van der Waals surface area contributed by atoms with E-state index in [0.29, 0.717) is 12.5 Å². The Morgan fingerprint density at radius 3 is 2.31 bits per heavy atom. The zero-order valence-corrected chi connectivity index (χ0v) is 10.1. The van der Waals surface area contributed by atoms with E-state index in [2.05, 4.69) is 26.0 Å². The van der Waals surface area contributed by atoms with Crippen molar-refractivity contribution in [2.45, 2.75) is 26.2 Å². The molecular weight excluding hydrogens is 202 g/mol. The van der Waals surface area contributed by atoms with Gasteiger partial charge in [-0.3, -0.25) is 4.79 Å². The van der Waals surface area contributed by atoms with E-state index < -0.39 is 5.97 Å². The van der Waals surface area contributed by atoms with Crippen LogP contribution in [0.4, 0.5) is 5.69 Å². The fourth-order valence-electron chi connectivity index (χ4n) is 1.51. The van der Waals surface area contributed by atoms with Crippen molar-refractivity contribution >= 4 is 11.7 Å². The van der Waals surface area contributed by atoms with Crippen molar-refractivity contribution < 1.29 is 9.90 Å². The third-order valence-electron chi connectivity index (χ3n) is 2.66. The van der Waals surface area contributed by atoms with Gasteiger partial charge in [-0.1, -0.05) is 26.0 Å². The SMILES string of the molecule is CC(C)c1ccc(N(C)CCC(=O)O)cc1. The standard InChI is InChI=1S/C13H19NO2/c1-10(2)11-4-6-12(7-5-11)14(3)9-8-13(15)16/h4-7,10H,8-9H2,1-3H3,(H,15,16). The summed E-state index contributed by atoms with van der Waals surface area (Å²) in [6.45, 7) is 4.85. The fourth-order valence-corrected chi connectivity index (χ4v) is 1.51. The second kappa shape index (κ2) is 5.54. The minimum absolute atomic E-state index is 0.169. The topological polar surface area (TPSA) is 40.5 Å². The smallest absolute Gasteiger partial charge is 0.305 e. The van der Waals surface area contributed by atoms with Crippen LogP contribution in [-0.2, 0) is 4.79 Å². The summed E-state index contributed by atoms with van der Waals surface area (Å²) in [4.78, 5) is 12.4. The summed E-state index contributed by atoms with van der Waals surface area (Å²) in [6, 6.07) is 8.27. The number of rotatable bonds is 5. The molecule has 0 aliphatic heterocycles. The van der Waals surface area contributed by atoms with Crippen LogP contribution >= 0.6 is 0 Å². The second-order valence-electron chi connectivity index (χ2n) is 4.31. The molecule has 1 aromatic rings. The Morgan fingerprint density at radius 2 is 1.88 bits per heavy atom. The van der Waals surface area contributed by atoms with E-state index in [9.17, 15) is 4.79 Å². The van der Waals surface area contributed by atoms with Crippen LogP contribution in [0.5, 0.6) is 0 Å². The number of carbonyl (C=O) groups is 1. The van der Waals surface area contributed by atoms with Gasteiger partial charge in [0.05, 0.1) is 6.42 Å². The predicted molar refractivity (Wildman–Crippen MR) is 66.1 cm³/mol. The van der Waals surface area contributed by atoms with Crippen molar-refractivity contribution in [1.29, 1.82) is 0 Å². The van der Waals surface area contributed by atoms with Gasteiger partial charge >= 0.3 is 5.97 Å². The summed E-state index contributed by atoms with van der Waals surface area (Å²) < 4.78 is 0. The molecule has 0 saturated heterocycles. The lowest BCUT2D eigenvalue weighted by atomic mass is 10.0. The van der Waals surface area contributed by atoms with Gasteiger partial charge in [-0.15, -0.1) is 0 Å². The molecule has 0 aromatic heterocycles. The lowest BCUT2D eigenvalue weighted by molar-refractivity contribution is -0.136. The predicted octanol–water partition coefficient (Wildman–Crippen LogP) is 2.72. The maximum atomic E-state index is 10.5. The average Bonchev–Trinajstić information content (AvgIpc) is 2.26. The normalized spacial score (nSPS) is 10.5. The molecule has 0 aliphatic rings. The molecule has 0 radical (unpaired) electrons. The van der Waals surface area contributed by atoms with Gasteiger partial charge in [0.25, 0.3) is 0 Å². The third-order valence-corrected chi connectivity index (χ3v) is 2.66. The maximum absolute atomic E-state index is 10.5. The first kappa shape index (κ1) is 12.6. The van der Waals surface area contributed by atoms with Gasteiger partial charge in [0.2, 0.25) is 0 Å². The summed E-state index contributed by atoms with van der Waals surface area (Å²) in [7, 11) is 1.91. The number of carboxylic acids is 1. The van der Waals surface area contributed by atoms with Crippen LogP contribution < -0.4 is 4.90 Å². The molecule has 0 saturated carbocycles. The molecule has 0 atom stereocenters. The Kier molecular flexibility index (Phi) is 4.35. The second-order valence-corrected chi connectivity index (χ2v) is 4.31. The molecule has 3 nitrogen and oxygen atoms in total. The van der Waals surface area contributed by atoms with Crippen molar-refractivity contribution in [3.8, 4) is 0 Å². The Bertz CT molecular complexity index is 343. The summed E-state index contributed by atoms with van der Waals surface area (Å²) in [6.07, 6.45) is 0.169. The summed E-state index contributed by atoms with van der Waals surface area (Å²) in [5, 5.41) is 8.60. The lowest BCUT2D eigenvalue weighted by Gasteiger charge is -2.18. The van der Waals surface area contributed by atoms with Crippen molar-refractivity contribution in [2.75, 3.05) is 18.5 Å². The summed E-state index contributed by atoms with van der Waals surface area (Å²) >= 11 is 0. The molecule has 88 valence electrons. The molecule has 0 aliphatic carbocycles. The highest BCUT2D eigenvalue weighted by molar-refractivity contribution is 5.67. The maximum Gasteiger partial charge on any atom is 0.305 e. The van der Waals surface area contributed by atoms with Crippen molar-refractivity contribution in [2.24, 2.45) is 0 Å². The first-order valence-electron chi connectivity index (χ1n) is 5.53. The highest BCUT2D eigenvalue weighted by Crippen LogP contribution is 2.19.